The Balaban J connectivity index is 2.30. The lowest BCUT2D eigenvalue weighted by Gasteiger charge is -2.22. The number of sulfone groups is 1. The summed E-state index contributed by atoms with van der Waals surface area (Å²) in [5.41, 5.74) is 0.782. The number of nitrogens with zero attached hydrogens (tertiary/aromatic N) is 1. The number of aliphatic hydroxyl groups is 1. The molecule has 2 unspecified atom stereocenters. The van der Waals surface area contributed by atoms with E-state index in [1.165, 1.54) is 0 Å². The van der Waals surface area contributed by atoms with Crippen molar-refractivity contribution in [3.05, 3.63) is 24.3 Å². The number of aliphatic hydroxyl groups excluding tert-OH is 1. The zero-order chi connectivity index (χ0) is 14.8. The van der Waals surface area contributed by atoms with Crippen LogP contribution in [0.2, 0.25) is 0 Å². The van der Waals surface area contributed by atoms with Gasteiger partial charge in [0.1, 0.15) is 0 Å². The fraction of sp³-hybridized carbons (Fsp3) is 0.600. The Morgan fingerprint density at radius 1 is 1.40 bits per heavy atom. The van der Waals surface area contributed by atoms with Crippen molar-refractivity contribution < 1.29 is 13.5 Å². The van der Waals surface area contributed by atoms with Crippen LogP contribution in [0.25, 0.3) is 0 Å². The highest BCUT2D eigenvalue weighted by atomic mass is 32.2. The van der Waals surface area contributed by atoms with Gasteiger partial charge in [-0.15, -0.1) is 0 Å². The Kier molecular flexibility index (Phi) is 4.70. The van der Waals surface area contributed by atoms with E-state index in [9.17, 15) is 13.5 Å². The van der Waals surface area contributed by atoms with Crippen molar-refractivity contribution in [3.63, 3.8) is 0 Å². The molecule has 1 aliphatic heterocycles. The van der Waals surface area contributed by atoms with E-state index in [0.717, 1.165) is 25.2 Å². The van der Waals surface area contributed by atoms with E-state index in [1.54, 1.807) is 19.1 Å². The number of para-hydroxylation sites is 1. The summed E-state index contributed by atoms with van der Waals surface area (Å²) in [4.78, 5) is 2.51. The minimum Gasteiger partial charge on any atom is -0.393 e. The third kappa shape index (κ3) is 3.15. The van der Waals surface area contributed by atoms with Gasteiger partial charge in [0, 0.05) is 19.0 Å². The summed E-state index contributed by atoms with van der Waals surface area (Å²) in [6.07, 6.45) is 1.17. The molecule has 1 aromatic rings. The van der Waals surface area contributed by atoms with Gasteiger partial charge in [0.25, 0.3) is 0 Å². The standard InChI is InChI=1S/C15H23NO3S/c1-3-10-20(18,19)15-7-5-4-6-14(15)16-9-8-13(11-16)12(2)17/h4-7,12-13,17H,3,8-11H2,1-2H3. The number of anilines is 1. The molecule has 0 spiro atoms. The van der Waals surface area contributed by atoms with E-state index >= 15 is 0 Å². The normalized spacial score (nSPS) is 21.1. The predicted octanol–water partition coefficient (Wildman–Crippen LogP) is 2.08. The first-order valence-electron chi connectivity index (χ1n) is 7.20. The van der Waals surface area contributed by atoms with Gasteiger partial charge < -0.3 is 10.0 Å². The minimum absolute atomic E-state index is 0.178. The zero-order valence-corrected chi connectivity index (χ0v) is 12.9. The van der Waals surface area contributed by atoms with Crippen molar-refractivity contribution in [1.29, 1.82) is 0 Å². The van der Waals surface area contributed by atoms with Crippen LogP contribution in [0.15, 0.2) is 29.2 Å². The molecule has 0 radical (unpaired) electrons. The van der Waals surface area contributed by atoms with Gasteiger partial charge in [0.15, 0.2) is 9.84 Å². The lowest BCUT2D eigenvalue weighted by molar-refractivity contribution is 0.136. The lowest BCUT2D eigenvalue weighted by Crippen LogP contribution is -2.25. The molecule has 0 bridgehead atoms. The number of rotatable bonds is 5. The van der Waals surface area contributed by atoms with Gasteiger partial charge in [-0.25, -0.2) is 8.42 Å². The molecule has 2 rings (SSSR count). The van der Waals surface area contributed by atoms with Gasteiger partial charge >= 0.3 is 0 Å². The first-order chi connectivity index (χ1) is 9.45. The molecule has 0 aromatic heterocycles. The Morgan fingerprint density at radius 3 is 2.70 bits per heavy atom. The van der Waals surface area contributed by atoms with Crippen LogP contribution in [0.1, 0.15) is 26.7 Å². The second-order valence-electron chi connectivity index (χ2n) is 5.52. The molecular weight excluding hydrogens is 274 g/mol. The number of hydrogen-bond acceptors (Lipinski definition) is 4. The van der Waals surface area contributed by atoms with Crippen LogP contribution in [0.4, 0.5) is 5.69 Å². The van der Waals surface area contributed by atoms with E-state index in [2.05, 4.69) is 4.90 Å². The van der Waals surface area contributed by atoms with E-state index in [4.69, 9.17) is 0 Å². The van der Waals surface area contributed by atoms with Gasteiger partial charge in [-0.2, -0.15) is 0 Å². The van der Waals surface area contributed by atoms with E-state index in [0.29, 0.717) is 11.3 Å². The summed E-state index contributed by atoms with van der Waals surface area (Å²) in [5.74, 6) is 0.398. The summed E-state index contributed by atoms with van der Waals surface area (Å²) in [5, 5.41) is 9.69. The topological polar surface area (TPSA) is 57.6 Å². The third-order valence-electron chi connectivity index (χ3n) is 3.92. The van der Waals surface area contributed by atoms with Crippen LogP contribution in [0.3, 0.4) is 0 Å². The molecule has 5 heteroatoms. The summed E-state index contributed by atoms with van der Waals surface area (Å²) >= 11 is 0. The molecule has 0 aliphatic carbocycles. The van der Waals surface area contributed by atoms with Gasteiger partial charge in [0.2, 0.25) is 0 Å². The third-order valence-corrected chi connectivity index (χ3v) is 5.88. The SMILES string of the molecule is CCCS(=O)(=O)c1ccccc1N1CCC(C(C)O)C1. The van der Waals surface area contributed by atoms with Crippen LogP contribution in [0, 0.1) is 5.92 Å². The Hall–Kier alpha value is -1.07. The van der Waals surface area contributed by atoms with E-state index in [-0.39, 0.29) is 17.8 Å². The molecule has 1 fully saturated rings. The Labute approximate surface area is 121 Å². The van der Waals surface area contributed by atoms with Crippen molar-refractivity contribution in [2.24, 2.45) is 5.92 Å². The molecule has 20 heavy (non-hydrogen) atoms. The highest BCUT2D eigenvalue weighted by Gasteiger charge is 2.29. The summed E-state index contributed by atoms with van der Waals surface area (Å²) in [6, 6.07) is 7.20. The van der Waals surface area contributed by atoms with Crippen LogP contribution >= 0.6 is 0 Å². The van der Waals surface area contributed by atoms with Crippen molar-refractivity contribution in [1.82, 2.24) is 0 Å². The molecular formula is C15H23NO3S. The fourth-order valence-corrected chi connectivity index (χ4v) is 4.32. The van der Waals surface area contributed by atoms with Crippen LogP contribution < -0.4 is 4.90 Å². The van der Waals surface area contributed by atoms with Crippen LogP contribution in [-0.2, 0) is 9.84 Å². The molecule has 1 heterocycles. The Morgan fingerprint density at radius 2 is 2.10 bits per heavy atom. The first-order valence-corrected chi connectivity index (χ1v) is 8.85. The molecule has 1 aliphatic rings. The number of benzene rings is 1. The smallest absolute Gasteiger partial charge is 0.180 e. The molecule has 1 N–H and O–H groups in total. The van der Waals surface area contributed by atoms with E-state index in [1.807, 2.05) is 19.1 Å². The van der Waals surface area contributed by atoms with Crippen molar-refractivity contribution in [2.75, 3.05) is 23.7 Å². The molecule has 1 saturated heterocycles. The van der Waals surface area contributed by atoms with Crippen molar-refractivity contribution in [2.45, 2.75) is 37.7 Å². The van der Waals surface area contributed by atoms with Gasteiger partial charge in [-0.1, -0.05) is 19.1 Å². The summed E-state index contributed by atoms with van der Waals surface area (Å²) in [6.45, 7) is 5.19. The van der Waals surface area contributed by atoms with Gasteiger partial charge in [-0.3, -0.25) is 0 Å². The fourth-order valence-electron chi connectivity index (χ4n) is 2.76. The average Bonchev–Trinajstić information content (AvgIpc) is 2.88. The maximum atomic E-state index is 12.3. The quantitative estimate of drug-likeness (QED) is 0.904. The van der Waals surface area contributed by atoms with Gasteiger partial charge in [0.05, 0.1) is 22.4 Å². The maximum Gasteiger partial charge on any atom is 0.180 e. The first kappa shape index (κ1) is 15.3. The summed E-state index contributed by atoms with van der Waals surface area (Å²) < 4.78 is 24.7. The van der Waals surface area contributed by atoms with Gasteiger partial charge in [-0.05, 0) is 31.9 Å². The summed E-state index contributed by atoms with van der Waals surface area (Å²) in [7, 11) is -3.22. The second-order valence-corrected chi connectivity index (χ2v) is 7.60. The van der Waals surface area contributed by atoms with Crippen LogP contribution in [0.5, 0.6) is 0 Å². The molecule has 2 atom stereocenters. The number of hydrogen-bond donors (Lipinski definition) is 1. The van der Waals surface area contributed by atoms with Crippen molar-refractivity contribution in [3.8, 4) is 0 Å². The molecule has 0 amide bonds. The zero-order valence-electron chi connectivity index (χ0n) is 12.1. The highest BCUT2D eigenvalue weighted by Crippen LogP contribution is 2.31. The average molecular weight is 297 g/mol. The Bertz CT molecular complexity index is 554. The molecule has 0 saturated carbocycles. The van der Waals surface area contributed by atoms with Crippen molar-refractivity contribution >= 4 is 15.5 Å². The monoisotopic (exact) mass is 297 g/mol. The lowest BCUT2D eigenvalue weighted by atomic mass is 10.0. The molecule has 112 valence electrons. The molecule has 1 aromatic carbocycles. The predicted molar refractivity (Wildman–Crippen MR) is 80.8 cm³/mol. The van der Waals surface area contributed by atoms with E-state index < -0.39 is 9.84 Å². The minimum atomic E-state index is -3.22. The second kappa shape index (κ2) is 6.14. The largest absolute Gasteiger partial charge is 0.393 e. The molecule has 4 nitrogen and oxygen atoms in total. The maximum absolute atomic E-state index is 12.3. The van der Waals surface area contributed by atoms with Crippen LogP contribution in [-0.4, -0.2) is 38.5 Å². The highest BCUT2D eigenvalue weighted by molar-refractivity contribution is 7.91.